The summed E-state index contributed by atoms with van der Waals surface area (Å²) in [5, 5.41) is 3.22. The van der Waals surface area contributed by atoms with E-state index in [1.165, 1.54) is 0 Å². The number of nitrogen functional groups attached to an aromatic ring is 1. The summed E-state index contributed by atoms with van der Waals surface area (Å²) in [6, 6.07) is 5.71. The third-order valence-electron chi connectivity index (χ3n) is 2.29. The van der Waals surface area contributed by atoms with Crippen molar-refractivity contribution in [1.29, 1.82) is 0 Å². The minimum atomic E-state index is 0.274. The largest absolute Gasteiger partial charge is 0.370 e. The predicted molar refractivity (Wildman–Crippen MR) is 68.5 cm³/mol. The number of aromatic nitrogens is 3. The van der Waals surface area contributed by atoms with Gasteiger partial charge in [-0.05, 0) is 24.6 Å². The maximum atomic E-state index is 5.54. The Morgan fingerprint density at radius 2 is 2.12 bits per heavy atom. The molecule has 17 heavy (non-hydrogen) atoms. The van der Waals surface area contributed by atoms with Gasteiger partial charge in [0.25, 0.3) is 0 Å². The van der Waals surface area contributed by atoms with Gasteiger partial charge in [-0.1, -0.05) is 6.92 Å². The molecule has 5 nitrogen and oxygen atoms in total. The lowest BCUT2D eigenvalue weighted by molar-refractivity contribution is 0.969. The maximum Gasteiger partial charge on any atom is 0.220 e. The molecule has 0 radical (unpaired) electrons. The third-order valence-corrected chi connectivity index (χ3v) is 2.29. The lowest BCUT2D eigenvalue weighted by Crippen LogP contribution is -2.01. The minimum absolute atomic E-state index is 0.274. The second-order valence-electron chi connectivity index (χ2n) is 3.66. The smallest absolute Gasteiger partial charge is 0.220 e. The van der Waals surface area contributed by atoms with Crippen LogP contribution < -0.4 is 11.1 Å². The molecule has 0 unspecified atom stereocenters. The molecule has 0 aromatic carbocycles. The van der Waals surface area contributed by atoms with Crippen LogP contribution in [0.3, 0.4) is 0 Å². The average molecular weight is 229 g/mol. The van der Waals surface area contributed by atoms with Gasteiger partial charge in [-0.2, -0.15) is 0 Å². The molecular weight excluding hydrogens is 214 g/mol. The summed E-state index contributed by atoms with van der Waals surface area (Å²) in [5.41, 5.74) is 7.25. The second kappa shape index (κ2) is 5.25. The van der Waals surface area contributed by atoms with Crippen LogP contribution in [0.15, 0.2) is 30.6 Å². The van der Waals surface area contributed by atoms with E-state index >= 15 is 0 Å². The molecule has 0 amide bonds. The van der Waals surface area contributed by atoms with E-state index in [0.717, 1.165) is 30.0 Å². The van der Waals surface area contributed by atoms with Crippen LogP contribution in [0.5, 0.6) is 0 Å². The van der Waals surface area contributed by atoms with E-state index in [2.05, 4.69) is 27.2 Å². The van der Waals surface area contributed by atoms with Gasteiger partial charge >= 0.3 is 0 Å². The highest BCUT2D eigenvalue weighted by molar-refractivity contribution is 5.60. The minimum Gasteiger partial charge on any atom is -0.370 e. The van der Waals surface area contributed by atoms with Crippen molar-refractivity contribution >= 4 is 11.8 Å². The van der Waals surface area contributed by atoms with Gasteiger partial charge in [-0.15, -0.1) is 0 Å². The van der Waals surface area contributed by atoms with Crippen LogP contribution in [0.2, 0.25) is 0 Å². The van der Waals surface area contributed by atoms with Crippen LogP contribution >= 0.6 is 0 Å². The number of nitrogens with zero attached hydrogens (tertiary/aromatic N) is 3. The summed E-state index contributed by atoms with van der Waals surface area (Å²) in [4.78, 5) is 12.3. The van der Waals surface area contributed by atoms with Crippen LogP contribution in [0.25, 0.3) is 11.3 Å². The van der Waals surface area contributed by atoms with Gasteiger partial charge in [0.2, 0.25) is 5.95 Å². The first kappa shape index (κ1) is 11.3. The van der Waals surface area contributed by atoms with Crippen molar-refractivity contribution in [3.05, 3.63) is 30.6 Å². The fraction of sp³-hybridized carbons (Fsp3) is 0.250. The van der Waals surface area contributed by atoms with Crippen molar-refractivity contribution in [3.63, 3.8) is 0 Å². The number of hydrogen-bond acceptors (Lipinski definition) is 5. The fourth-order valence-electron chi connectivity index (χ4n) is 1.44. The lowest BCUT2D eigenvalue weighted by atomic mass is 10.2. The van der Waals surface area contributed by atoms with Crippen LogP contribution in [-0.2, 0) is 0 Å². The molecule has 0 saturated carbocycles. The van der Waals surface area contributed by atoms with E-state index in [1.807, 2.05) is 18.2 Å². The number of anilines is 2. The Morgan fingerprint density at radius 1 is 1.24 bits per heavy atom. The Labute approximate surface area is 100 Å². The van der Waals surface area contributed by atoms with Crippen molar-refractivity contribution in [1.82, 2.24) is 15.0 Å². The molecule has 5 heteroatoms. The van der Waals surface area contributed by atoms with Crippen molar-refractivity contribution in [2.45, 2.75) is 13.3 Å². The van der Waals surface area contributed by atoms with Crippen LogP contribution in [0.4, 0.5) is 11.8 Å². The molecule has 0 aliphatic rings. The molecule has 2 aromatic rings. The molecule has 0 atom stereocenters. The average Bonchev–Trinajstić information content (AvgIpc) is 2.37. The van der Waals surface area contributed by atoms with E-state index in [4.69, 9.17) is 5.73 Å². The Hall–Kier alpha value is -2.17. The van der Waals surface area contributed by atoms with Crippen LogP contribution in [0, 0.1) is 0 Å². The molecule has 0 saturated heterocycles. The number of hydrogen-bond donors (Lipinski definition) is 2. The molecular formula is C12H15N5. The molecule has 0 aliphatic carbocycles. The molecule has 2 aromatic heterocycles. The zero-order valence-corrected chi connectivity index (χ0v) is 9.72. The van der Waals surface area contributed by atoms with Crippen molar-refractivity contribution in [2.75, 3.05) is 17.6 Å². The van der Waals surface area contributed by atoms with Gasteiger partial charge in [0, 0.05) is 24.5 Å². The van der Waals surface area contributed by atoms with E-state index in [-0.39, 0.29) is 5.95 Å². The van der Waals surface area contributed by atoms with E-state index in [1.54, 1.807) is 12.4 Å². The zero-order chi connectivity index (χ0) is 12.1. The SMILES string of the molecule is CCCNc1ccc(-c2ccnc(N)n2)cn1. The maximum absolute atomic E-state index is 5.54. The van der Waals surface area contributed by atoms with Gasteiger partial charge in [-0.3, -0.25) is 0 Å². The topological polar surface area (TPSA) is 76.7 Å². The number of rotatable bonds is 4. The van der Waals surface area contributed by atoms with E-state index in [9.17, 15) is 0 Å². The molecule has 0 aliphatic heterocycles. The first-order valence-corrected chi connectivity index (χ1v) is 5.58. The second-order valence-corrected chi connectivity index (χ2v) is 3.66. The predicted octanol–water partition coefficient (Wildman–Crippen LogP) is 1.94. The summed E-state index contributed by atoms with van der Waals surface area (Å²) < 4.78 is 0. The molecule has 0 fully saturated rings. The van der Waals surface area contributed by atoms with Crippen molar-refractivity contribution in [2.24, 2.45) is 0 Å². The third kappa shape index (κ3) is 2.90. The highest BCUT2D eigenvalue weighted by Crippen LogP contribution is 2.17. The normalized spacial score (nSPS) is 10.2. The Morgan fingerprint density at radius 3 is 2.76 bits per heavy atom. The highest BCUT2D eigenvalue weighted by Gasteiger charge is 2.01. The highest BCUT2D eigenvalue weighted by atomic mass is 15.0. The summed E-state index contributed by atoms with van der Waals surface area (Å²) in [6.45, 7) is 3.04. The molecule has 2 rings (SSSR count). The van der Waals surface area contributed by atoms with Crippen LogP contribution in [-0.4, -0.2) is 21.5 Å². The Kier molecular flexibility index (Phi) is 3.49. The Bertz CT molecular complexity index is 481. The summed E-state index contributed by atoms with van der Waals surface area (Å²) in [5.74, 6) is 1.15. The van der Waals surface area contributed by atoms with Gasteiger partial charge in [-0.25, -0.2) is 15.0 Å². The number of nitrogens with one attached hydrogen (secondary N) is 1. The first-order valence-electron chi connectivity index (χ1n) is 5.58. The van der Waals surface area contributed by atoms with Gasteiger partial charge in [0.05, 0.1) is 5.69 Å². The lowest BCUT2D eigenvalue weighted by Gasteiger charge is -2.05. The summed E-state index contributed by atoms with van der Waals surface area (Å²) in [7, 11) is 0. The quantitative estimate of drug-likeness (QED) is 0.837. The molecule has 3 N–H and O–H groups in total. The van der Waals surface area contributed by atoms with Gasteiger partial charge in [0.15, 0.2) is 0 Å². The number of nitrogens with two attached hydrogens (primary N) is 1. The van der Waals surface area contributed by atoms with Gasteiger partial charge < -0.3 is 11.1 Å². The molecule has 0 spiro atoms. The van der Waals surface area contributed by atoms with Crippen molar-refractivity contribution in [3.8, 4) is 11.3 Å². The molecule has 0 bridgehead atoms. The molecule has 2 heterocycles. The number of pyridine rings is 1. The Balaban J connectivity index is 2.17. The zero-order valence-electron chi connectivity index (χ0n) is 9.72. The summed E-state index contributed by atoms with van der Waals surface area (Å²) >= 11 is 0. The summed E-state index contributed by atoms with van der Waals surface area (Å²) in [6.07, 6.45) is 4.49. The fourth-order valence-corrected chi connectivity index (χ4v) is 1.44. The van der Waals surface area contributed by atoms with E-state index in [0.29, 0.717) is 0 Å². The van der Waals surface area contributed by atoms with Crippen LogP contribution in [0.1, 0.15) is 13.3 Å². The standard InChI is InChI=1S/C12H15N5/c1-2-6-14-11-4-3-9(8-16-11)10-5-7-15-12(13)17-10/h3-5,7-8H,2,6H2,1H3,(H,14,16)(H2,13,15,17). The molecule has 88 valence electrons. The first-order chi connectivity index (χ1) is 8.29. The monoisotopic (exact) mass is 229 g/mol. The van der Waals surface area contributed by atoms with Gasteiger partial charge in [0.1, 0.15) is 5.82 Å². The van der Waals surface area contributed by atoms with Crippen molar-refractivity contribution < 1.29 is 0 Å². The van der Waals surface area contributed by atoms with E-state index < -0.39 is 0 Å².